The van der Waals surface area contributed by atoms with E-state index in [1.165, 1.54) is 18.7 Å². The molecule has 2 aliphatic carbocycles. The fourth-order valence-corrected chi connectivity index (χ4v) is 6.68. The van der Waals surface area contributed by atoms with Crippen LogP contribution in [-0.2, 0) is 26.3 Å². The fourth-order valence-electron chi connectivity index (χ4n) is 6.49. The number of fused-ring (bicyclic) bond motifs is 2. The second-order valence-electron chi connectivity index (χ2n) is 11.3. The molecule has 0 unspecified atom stereocenters. The number of esters is 1. The monoisotopic (exact) mass is 577 g/mol. The summed E-state index contributed by atoms with van der Waals surface area (Å²) in [5, 5.41) is 4.05. The number of anilines is 1. The minimum Gasteiger partial charge on any atom is -0.497 e. The number of nitrogens with one attached hydrogen (secondary N) is 1. The molecule has 0 aromatic heterocycles. The van der Waals surface area contributed by atoms with Crippen LogP contribution in [0.4, 0.5) is 10.1 Å². The maximum atomic E-state index is 15.1. The standard InChI is InChI=1S/C34H37ClFNO4/c1-23(21-41-22-24-10-12-28(39-2)13-11-24)18-25-19-29-30(8-5-9-31(29)36)33(25)14-16-34(17-15-33,32(38)40-3)37-27-7-4-6-26(35)20-27/h4-13,19-20,23,37H,14-18,21-22H2,1-3H3/t23-,33?,34?/m1/s1. The lowest BCUT2D eigenvalue weighted by Crippen LogP contribution is -2.52. The summed E-state index contributed by atoms with van der Waals surface area (Å²) in [4.78, 5) is 13.2. The molecule has 2 aliphatic rings. The summed E-state index contributed by atoms with van der Waals surface area (Å²) in [6, 6.07) is 20.6. The maximum absolute atomic E-state index is 15.1. The lowest BCUT2D eigenvalue weighted by Gasteiger charge is -2.46. The third kappa shape index (κ3) is 6.00. The van der Waals surface area contributed by atoms with Crippen molar-refractivity contribution in [1.82, 2.24) is 0 Å². The third-order valence-electron chi connectivity index (χ3n) is 8.64. The van der Waals surface area contributed by atoms with Gasteiger partial charge in [0, 0.05) is 28.3 Å². The highest BCUT2D eigenvalue weighted by atomic mass is 35.5. The van der Waals surface area contributed by atoms with Gasteiger partial charge in [0.25, 0.3) is 0 Å². The van der Waals surface area contributed by atoms with Gasteiger partial charge in [-0.05, 0) is 85.5 Å². The van der Waals surface area contributed by atoms with Crippen LogP contribution < -0.4 is 10.1 Å². The van der Waals surface area contributed by atoms with Gasteiger partial charge >= 0.3 is 5.97 Å². The maximum Gasteiger partial charge on any atom is 0.331 e. The SMILES string of the molecule is COC(=O)C1(Nc2cccc(Cl)c2)CCC2(CC1)C(C[C@@H](C)COCc1ccc(OC)cc1)=Cc1c(F)cccc12. The first kappa shape index (κ1) is 29.2. The Balaban J connectivity index is 1.33. The van der Waals surface area contributed by atoms with Gasteiger partial charge in [0.1, 0.15) is 17.1 Å². The Bertz CT molecular complexity index is 1410. The quantitative estimate of drug-likeness (QED) is 0.248. The number of hydrogen-bond acceptors (Lipinski definition) is 5. The van der Waals surface area contributed by atoms with Crippen molar-refractivity contribution >= 4 is 29.3 Å². The molecule has 1 N–H and O–H groups in total. The first-order valence-corrected chi connectivity index (χ1v) is 14.5. The normalized spacial score (nSPS) is 22.1. The van der Waals surface area contributed by atoms with E-state index in [0.29, 0.717) is 49.5 Å². The highest BCUT2D eigenvalue weighted by Crippen LogP contribution is 2.55. The Labute approximate surface area is 246 Å². The molecule has 0 aliphatic heterocycles. The lowest BCUT2D eigenvalue weighted by atomic mass is 9.61. The van der Waals surface area contributed by atoms with Crippen molar-refractivity contribution < 1.29 is 23.4 Å². The number of ether oxygens (including phenoxy) is 3. The number of halogens is 2. The van der Waals surface area contributed by atoms with Crippen LogP contribution in [0.15, 0.2) is 72.3 Å². The van der Waals surface area contributed by atoms with Crippen molar-refractivity contribution in [2.75, 3.05) is 26.1 Å². The fraction of sp³-hybridized carbons (Fsp3) is 0.382. The summed E-state index contributed by atoms with van der Waals surface area (Å²) in [5.41, 5.74) is 3.52. The van der Waals surface area contributed by atoms with Crippen LogP contribution in [0.5, 0.6) is 5.75 Å². The number of methoxy groups -OCH3 is 2. The first-order chi connectivity index (χ1) is 19.8. The van der Waals surface area contributed by atoms with Crippen LogP contribution in [0.25, 0.3) is 6.08 Å². The molecule has 1 fully saturated rings. The van der Waals surface area contributed by atoms with Gasteiger partial charge in [-0.1, -0.05) is 60.5 Å². The third-order valence-corrected chi connectivity index (χ3v) is 8.88. The Kier molecular flexibility index (Phi) is 8.71. The first-order valence-electron chi connectivity index (χ1n) is 14.1. The van der Waals surface area contributed by atoms with Crippen molar-refractivity contribution in [2.45, 2.75) is 56.6 Å². The molecule has 0 amide bonds. The van der Waals surface area contributed by atoms with Crippen LogP contribution in [0.1, 0.15) is 55.7 Å². The Hall–Kier alpha value is -3.35. The number of benzene rings is 3. The molecule has 1 atom stereocenters. The minimum absolute atomic E-state index is 0.206. The Morgan fingerprint density at radius 2 is 1.76 bits per heavy atom. The highest BCUT2D eigenvalue weighted by molar-refractivity contribution is 6.30. The summed E-state index contributed by atoms with van der Waals surface area (Å²) in [6.07, 6.45) is 5.29. The lowest BCUT2D eigenvalue weighted by molar-refractivity contribution is -0.147. The zero-order chi connectivity index (χ0) is 29.0. The van der Waals surface area contributed by atoms with Gasteiger partial charge in [-0.25, -0.2) is 9.18 Å². The summed E-state index contributed by atoms with van der Waals surface area (Å²) >= 11 is 6.23. The van der Waals surface area contributed by atoms with E-state index in [1.54, 1.807) is 19.2 Å². The zero-order valence-electron chi connectivity index (χ0n) is 23.8. The van der Waals surface area contributed by atoms with Crippen LogP contribution in [-0.4, -0.2) is 32.3 Å². The topological polar surface area (TPSA) is 56.8 Å². The number of hydrogen-bond donors (Lipinski definition) is 1. The molecule has 3 aromatic carbocycles. The molecule has 0 saturated heterocycles. The van der Waals surface area contributed by atoms with Gasteiger partial charge in [-0.15, -0.1) is 0 Å². The molecule has 0 radical (unpaired) electrons. The van der Waals surface area contributed by atoms with Gasteiger partial charge in [0.2, 0.25) is 0 Å². The second kappa shape index (κ2) is 12.3. The molecule has 7 heteroatoms. The minimum atomic E-state index is -0.890. The average Bonchev–Trinajstić information content (AvgIpc) is 3.27. The largest absolute Gasteiger partial charge is 0.497 e. The predicted molar refractivity (Wildman–Crippen MR) is 161 cm³/mol. The van der Waals surface area contributed by atoms with Crippen molar-refractivity contribution in [1.29, 1.82) is 0 Å². The zero-order valence-corrected chi connectivity index (χ0v) is 24.6. The Morgan fingerprint density at radius 3 is 2.44 bits per heavy atom. The van der Waals surface area contributed by atoms with E-state index >= 15 is 4.39 Å². The van der Waals surface area contributed by atoms with Gasteiger partial charge in [-0.3, -0.25) is 0 Å². The second-order valence-corrected chi connectivity index (χ2v) is 11.8. The summed E-state index contributed by atoms with van der Waals surface area (Å²) < 4.78 is 31.7. The van der Waals surface area contributed by atoms with Crippen molar-refractivity contribution in [3.63, 3.8) is 0 Å². The Morgan fingerprint density at radius 1 is 1.02 bits per heavy atom. The summed E-state index contributed by atoms with van der Waals surface area (Å²) in [6.45, 7) is 3.27. The van der Waals surface area contributed by atoms with E-state index in [1.807, 2.05) is 54.6 Å². The van der Waals surface area contributed by atoms with Gasteiger partial charge in [0.05, 0.1) is 20.8 Å². The van der Waals surface area contributed by atoms with Crippen LogP contribution in [0.3, 0.4) is 0 Å². The molecule has 1 spiro atoms. The van der Waals surface area contributed by atoms with Crippen molar-refractivity contribution in [3.8, 4) is 5.75 Å². The van der Waals surface area contributed by atoms with Gasteiger partial charge < -0.3 is 19.5 Å². The van der Waals surface area contributed by atoms with Crippen LogP contribution in [0.2, 0.25) is 5.02 Å². The van der Waals surface area contributed by atoms with E-state index in [0.717, 1.165) is 29.0 Å². The van der Waals surface area contributed by atoms with E-state index in [-0.39, 0.29) is 23.1 Å². The molecule has 5 rings (SSSR count). The van der Waals surface area contributed by atoms with Crippen molar-refractivity contribution in [2.24, 2.45) is 5.92 Å². The molecule has 0 heterocycles. The van der Waals surface area contributed by atoms with Gasteiger partial charge in [-0.2, -0.15) is 0 Å². The molecule has 3 aromatic rings. The average molecular weight is 578 g/mol. The smallest absolute Gasteiger partial charge is 0.331 e. The molecule has 41 heavy (non-hydrogen) atoms. The van der Waals surface area contributed by atoms with Crippen LogP contribution >= 0.6 is 11.6 Å². The van der Waals surface area contributed by atoms with Crippen LogP contribution in [0, 0.1) is 11.7 Å². The highest BCUT2D eigenvalue weighted by Gasteiger charge is 2.52. The number of carbonyl (C=O) groups is 1. The molecule has 5 nitrogen and oxygen atoms in total. The summed E-state index contributed by atoms with van der Waals surface area (Å²) in [7, 11) is 3.08. The number of carbonyl (C=O) groups excluding carboxylic acids is 1. The van der Waals surface area contributed by atoms with E-state index < -0.39 is 5.54 Å². The molecular weight excluding hydrogens is 541 g/mol. The predicted octanol–water partition coefficient (Wildman–Crippen LogP) is 7.96. The molecule has 1 saturated carbocycles. The van der Waals surface area contributed by atoms with Crippen molar-refractivity contribution in [3.05, 3.63) is 99.8 Å². The van der Waals surface area contributed by atoms with E-state index in [9.17, 15) is 4.79 Å². The molecule has 216 valence electrons. The number of rotatable bonds is 10. The van der Waals surface area contributed by atoms with E-state index in [4.69, 9.17) is 25.8 Å². The number of allylic oxidation sites excluding steroid dienone is 1. The molecular formula is C34H37ClFNO4. The van der Waals surface area contributed by atoms with E-state index in [2.05, 4.69) is 12.2 Å². The van der Waals surface area contributed by atoms with Gasteiger partial charge in [0.15, 0.2) is 0 Å². The summed E-state index contributed by atoms with van der Waals surface area (Å²) in [5.74, 6) is 0.544. The molecule has 0 bridgehead atoms.